The van der Waals surface area contributed by atoms with E-state index in [9.17, 15) is 22.6 Å². The molecule has 0 N–H and O–H groups in total. The van der Waals surface area contributed by atoms with Gasteiger partial charge in [0.05, 0.1) is 12.4 Å². The van der Waals surface area contributed by atoms with E-state index in [0.717, 1.165) is 0 Å². The third-order valence-electron chi connectivity index (χ3n) is 4.81. The van der Waals surface area contributed by atoms with E-state index in [1.807, 2.05) is 0 Å². The summed E-state index contributed by atoms with van der Waals surface area (Å²) in [5.74, 6) is -1.39. The monoisotopic (exact) mass is 599 g/mol. The number of carbonyl (C=O) groups is 2. The second kappa shape index (κ2) is 13.2. The Balaban J connectivity index is 1.96. The molecular weight excluding hydrogens is 576 g/mol. The SMILES string of the molecule is CCOC(=O)CN(CP(=O)(Oc1ccc(Cl)cc1)Oc1ccc(Cl)cc1)C(=O)S(=O)(=O)Cc1ccccc1. The summed E-state index contributed by atoms with van der Waals surface area (Å²) in [4.78, 5) is 26.1. The molecule has 1 amide bonds. The number of sulfone groups is 1. The molecule has 3 rings (SSSR count). The molecule has 0 aliphatic rings. The largest absolute Gasteiger partial charge is 0.465 e. The first-order valence-electron chi connectivity index (χ1n) is 11.2. The summed E-state index contributed by atoms with van der Waals surface area (Å²) < 4.78 is 56.2. The summed E-state index contributed by atoms with van der Waals surface area (Å²) in [5.41, 5.74) is 0.356. The van der Waals surface area contributed by atoms with Crippen molar-refractivity contribution < 1.29 is 36.4 Å². The average Bonchev–Trinajstić information content (AvgIpc) is 2.86. The van der Waals surface area contributed by atoms with E-state index in [4.69, 9.17) is 37.0 Å². The zero-order valence-electron chi connectivity index (χ0n) is 20.2. The number of esters is 1. The molecule has 0 saturated carbocycles. The third kappa shape index (κ3) is 8.77. The van der Waals surface area contributed by atoms with E-state index in [2.05, 4.69) is 0 Å². The van der Waals surface area contributed by atoms with E-state index in [1.54, 1.807) is 37.3 Å². The van der Waals surface area contributed by atoms with Crippen molar-refractivity contribution in [3.05, 3.63) is 94.5 Å². The summed E-state index contributed by atoms with van der Waals surface area (Å²) in [7, 11) is -8.87. The van der Waals surface area contributed by atoms with Gasteiger partial charge in [-0.15, -0.1) is 0 Å². The van der Waals surface area contributed by atoms with Crippen LogP contribution in [0.1, 0.15) is 12.5 Å². The van der Waals surface area contributed by atoms with Gasteiger partial charge in [-0.3, -0.25) is 9.59 Å². The molecule has 0 unspecified atom stereocenters. The Morgan fingerprint density at radius 3 is 1.82 bits per heavy atom. The number of carbonyl (C=O) groups excluding carboxylic acids is 2. The first-order chi connectivity index (χ1) is 18.0. The molecule has 0 saturated heterocycles. The van der Waals surface area contributed by atoms with E-state index in [0.29, 0.717) is 20.5 Å². The molecule has 3 aromatic rings. The van der Waals surface area contributed by atoms with Crippen molar-refractivity contribution in [2.45, 2.75) is 12.7 Å². The number of ether oxygens (including phenoxy) is 1. The van der Waals surface area contributed by atoms with Crippen LogP contribution in [0.25, 0.3) is 0 Å². The van der Waals surface area contributed by atoms with E-state index >= 15 is 0 Å². The number of halogens is 2. The van der Waals surface area contributed by atoms with Gasteiger partial charge in [0.25, 0.3) is 0 Å². The number of nitrogens with zero attached hydrogens (tertiary/aromatic N) is 1. The zero-order chi connectivity index (χ0) is 27.8. The minimum absolute atomic E-state index is 0.0160. The maximum Gasteiger partial charge on any atom is 0.450 e. The zero-order valence-corrected chi connectivity index (χ0v) is 23.4. The van der Waals surface area contributed by atoms with Crippen LogP contribution in [-0.2, 0) is 29.7 Å². The van der Waals surface area contributed by atoms with Crippen molar-refractivity contribution in [3.8, 4) is 11.5 Å². The molecular formula is C25H24Cl2NO8PS. The van der Waals surface area contributed by atoms with Crippen LogP contribution < -0.4 is 9.05 Å². The summed E-state index contributed by atoms with van der Waals surface area (Å²) in [5, 5.41) is -0.664. The lowest BCUT2D eigenvalue weighted by Crippen LogP contribution is -2.41. The van der Waals surface area contributed by atoms with Gasteiger partial charge in [0.2, 0.25) is 9.84 Å². The van der Waals surface area contributed by atoms with E-state index in [1.165, 1.54) is 48.5 Å². The van der Waals surface area contributed by atoms with Crippen molar-refractivity contribution in [1.82, 2.24) is 4.90 Å². The van der Waals surface area contributed by atoms with Gasteiger partial charge in [-0.2, -0.15) is 0 Å². The molecule has 0 aliphatic carbocycles. The van der Waals surface area contributed by atoms with Crippen LogP contribution in [0.5, 0.6) is 11.5 Å². The predicted octanol–water partition coefficient (Wildman–Crippen LogP) is 6.20. The van der Waals surface area contributed by atoms with Gasteiger partial charge in [-0.05, 0) is 61.0 Å². The number of rotatable bonds is 11. The van der Waals surface area contributed by atoms with Crippen molar-refractivity contribution in [2.75, 3.05) is 19.4 Å². The smallest absolute Gasteiger partial charge is 0.450 e. The van der Waals surface area contributed by atoms with E-state index < -0.39 is 47.2 Å². The Morgan fingerprint density at radius 2 is 1.34 bits per heavy atom. The molecule has 0 spiro atoms. The molecule has 0 fully saturated rings. The highest BCUT2D eigenvalue weighted by Crippen LogP contribution is 2.49. The van der Waals surface area contributed by atoms with Gasteiger partial charge in [0.1, 0.15) is 24.3 Å². The second-order valence-corrected chi connectivity index (χ2v) is 12.5. The number of amides is 1. The highest BCUT2D eigenvalue weighted by Gasteiger charge is 2.39. The molecule has 0 atom stereocenters. The van der Waals surface area contributed by atoms with Crippen molar-refractivity contribution in [3.63, 3.8) is 0 Å². The highest BCUT2D eigenvalue weighted by molar-refractivity contribution is 8.05. The lowest BCUT2D eigenvalue weighted by molar-refractivity contribution is -0.143. The molecule has 3 aromatic carbocycles. The minimum Gasteiger partial charge on any atom is -0.465 e. The first-order valence-corrected chi connectivity index (χ1v) is 15.3. The second-order valence-electron chi connectivity index (χ2n) is 7.86. The molecule has 0 aromatic heterocycles. The summed E-state index contributed by atoms with van der Waals surface area (Å²) in [6.07, 6.45) is -0.885. The third-order valence-corrected chi connectivity index (χ3v) is 8.48. The topological polar surface area (TPSA) is 116 Å². The quantitative estimate of drug-likeness (QED) is 0.189. The fourth-order valence-corrected chi connectivity index (χ4v) is 6.49. The Labute approximate surface area is 230 Å². The van der Waals surface area contributed by atoms with Crippen molar-refractivity contribution in [2.24, 2.45) is 0 Å². The van der Waals surface area contributed by atoms with Crippen LogP contribution in [0.4, 0.5) is 4.79 Å². The number of benzene rings is 3. The molecule has 0 radical (unpaired) electrons. The lowest BCUT2D eigenvalue weighted by Gasteiger charge is -2.27. The Hall–Kier alpha value is -3.04. The van der Waals surface area contributed by atoms with Gasteiger partial charge >= 0.3 is 18.8 Å². The van der Waals surface area contributed by atoms with Crippen LogP contribution in [0.15, 0.2) is 78.9 Å². The molecule has 0 aliphatic heterocycles. The molecule has 202 valence electrons. The summed E-state index contributed by atoms with van der Waals surface area (Å²) >= 11 is 11.8. The molecule has 13 heteroatoms. The maximum absolute atomic E-state index is 14.0. The Kier molecular flexibility index (Phi) is 10.2. The highest BCUT2D eigenvalue weighted by atomic mass is 35.5. The Morgan fingerprint density at radius 1 is 0.842 bits per heavy atom. The predicted molar refractivity (Wildman–Crippen MR) is 144 cm³/mol. The van der Waals surface area contributed by atoms with Crippen molar-refractivity contribution in [1.29, 1.82) is 0 Å². The van der Waals surface area contributed by atoms with Crippen LogP contribution >= 0.6 is 30.8 Å². The van der Waals surface area contributed by atoms with Gasteiger partial charge in [-0.25, -0.2) is 13.0 Å². The lowest BCUT2D eigenvalue weighted by atomic mass is 10.2. The summed E-state index contributed by atoms with van der Waals surface area (Å²) in [6, 6.07) is 19.6. The van der Waals surface area contributed by atoms with Gasteiger partial charge < -0.3 is 18.7 Å². The normalized spacial score (nSPS) is 11.4. The fourth-order valence-electron chi connectivity index (χ4n) is 3.18. The molecule has 38 heavy (non-hydrogen) atoms. The Bertz CT molecular complexity index is 1350. The number of hydrogen-bond donors (Lipinski definition) is 0. The number of hydrogen-bond acceptors (Lipinski definition) is 8. The summed E-state index contributed by atoms with van der Waals surface area (Å²) in [6.45, 7) is 0.727. The van der Waals surface area contributed by atoms with E-state index in [-0.39, 0.29) is 18.1 Å². The molecule has 9 nitrogen and oxygen atoms in total. The van der Waals surface area contributed by atoms with Gasteiger partial charge in [0, 0.05) is 10.0 Å². The van der Waals surface area contributed by atoms with Crippen LogP contribution in [0, 0.1) is 0 Å². The minimum atomic E-state index is -4.49. The van der Waals surface area contributed by atoms with Gasteiger partial charge in [-0.1, -0.05) is 53.5 Å². The molecule has 0 bridgehead atoms. The van der Waals surface area contributed by atoms with Gasteiger partial charge in [0.15, 0.2) is 0 Å². The maximum atomic E-state index is 14.0. The molecule has 0 heterocycles. The average molecular weight is 600 g/mol. The fraction of sp³-hybridized carbons (Fsp3) is 0.200. The van der Waals surface area contributed by atoms with Crippen LogP contribution in [-0.4, -0.2) is 44.0 Å². The van der Waals surface area contributed by atoms with Crippen LogP contribution in [0.2, 0.25) is 10.0 Å². The van der Waals surface area contributed by atoms with Crippen molar-refractivity contribution >= 4 is 51.8 Å². The van der Waals surface area contributed by atoms with Crippen LogP contribution in [0.3, 0.4) is 0 Å². The standard InChI is InChI=1S/C25H24Cl2NO8PS/c1-2-34-24(29)16-28(25(30)38(32,33)17-19-6-4-3-5-7-19)18-37(31,35-22-12-8-20(26)9-13-22)36-23-14-10-21(27)11-15-23/h3-15H,2,16-18H2,1H3. The first kappa shape index (κ1) is 29.5.